The van der Waals surface area contributed by atoms with Crippen molar-refractivity contribution in [3.63, 3.8) is 0 Å². The summed E-state index contributed by atoms with van der Waals surface area (Å²) in [6, 6.07) is 4.04. The van der Waals surface area contributed by atoms with Crippen LogP contribution >= 0.6 is 0 Å². The number of amides is 2. The Kier molecular flexibility index (Phi) is 3.86. The fraction of sp³-hybridized carbons (Fsp3) is 0.267. The first-order chi connectivity index (χ1) is 10.6. The maximum absolute atomic E-state index is 13.4. The fourth-order valence-corrected chi connectivity index (χ4v) is 2.53. The standard InChI is InChI=1S/C15H15FN4O2/c16-9-1-2-13-11(5-9)12(6-14(21)20-13)15(22)18-4-3-10-7-17-8-19-10/h1-2,5,7-8,12H,3-4,6H2,(H,17,19)(H,18,22)(H,20,21). The van der Waals surface area contributed by atoms with Crippen molar-refractivity contribution in [2.24, 2.45) is 0 Å². The molecule has 1 aliphatic rings. The minimum Gasteiger partial charge on any atom is -0.355 e. The molecule has 6 nitrogen and oxygen atoms in total. The number of carbonyl (C=O) groups is 2. The van der Waals surface area contributed by atoms with Gasteiger partial charge in [0.05, 0.1) is 12.2 Å². The van der Waals surface area contributed by atoms with Gasteiger partial charge in [-0.1, -0.05) is 0 Å². The van der Waals surface area contributed by atoms with E-state index in [1.54, 1.807) is 12.5 Å². The van der Waals surface area contributed by atoms with E-state index in [2.05, 4.69) is 20.6 Å². The highest BCUT2D eigenvalue weighted by Crippen LogP contribution is 2.32. The number of benzene rings is 1. The number of aromatic amines is 1. The summed E-state index contributed by atoms with van der Waals surface area (Å²) < 4.78 is 13.4. The highest BCUT2D eigenvalue weighted by Gasteiger charge is 2.30. The lowest BCUT2D eigenvalue weighted by atomic mass is 9.89. The topological polar surface area (TPSA) is 86.9 Å². The predicted molar refractivity (Wildman–Crippen MR) is 77.7 cm³/mol. The van der Waals surface area contributed by atoms with Crippen LogP contribution in [0.4, 0.5) is 10.1 Å². The van der Waals surface area contributed by atoms with Gasteiger partial charge in [0, 0.05) is 37.0 Å². The predicted octanol–water partition coefficient (Wildman–Crippen LogP) is 1.33. The quantitative estimate of drug-likeness (QED) is 0.796. The van der Waals surface area contributed by atoms with Crippen LogP contribution in [0.5, 0.6) is 0 Å². The fourth-order valence-electron chi connectivity index (χ4n) is 2.53. The van der Waals surface area contributed by atoms with E-state index in [1.165, 1.54) is 18.2 Å². The molecule has 1 unspecified atom stereocenters. The van der Waals surface area contributed by atoms with Gasteiger partial charge in [-0.2, -0.15) is 0 Å². The van der Waals surface area contributed by atoms with Crippen LogP contribution in [-0.2, 0) is 16.0 Å². The van der Waals surface area contributed by atoms with E-state index in [-0.39, 0.29) is 18.2 Å². The first kappa shape index (κ1) is 14.2. The zero-order valence-electron chi connectivity index (χ0n) is 11.7. The number of nitrogens with one attached hydrogen (secondary N) is 3. The summed E-state index contributed by atoms with van der Waals surface area (Å²) >= 11 is 0. The molecule has 0 fully saturated rings. The van der Waals surface area contributed by atoms with Crippen molar-refractivity contribution in [3.8, 4) is 0 Å². The van der Waals surface area contributed by atoms with Crippen molar-refractivity contribution < 1.29 is 14.0 Å². The molecule has 0 spiro atoms. The Morgan fingerprint density at radius 3 is 3.09 bits per heavy atom. The van der Waals surface area contributed by atoms with Crippen LogP contribution in [0.1, 0.15) is 23.6 Å². The Balaban J connectivity index is 1.69. The van der Waals surface area contributed by atoms with E-state index in [9.17, 15) is 14.0 Å². The van der Waals surface area contributed by atoms with Gasteiger partial charge in [-0.25, -0.2) is 9.37 Å². The number of carbonyl (C=O) groups excluding carboxylic acids is 2. The summed E-state index contributed by atoms with van der Waals surface area (Å²) in [6.45, 7) is 0.420. The van der Waals surface area contributed by atoms with E-state index in [0.717, 1.165) is 5.69 Å². The average Bonchev–Trinajstić information content (AvgIpc) is 3.00. The van der Waals surface area contributed by atoms with Crippen LogP contribution in [0, 0.1) is 5.82 Å². The molecular formula is C15H15FN4O2. The van der Waals surface area contributed by atoms with Crippen LogP contribution in [0.25, 0.3) is 0 Å². The molecule has 2 heterocycles. The van der Waals surface area contributed by atoms with Crippen molar-refractivity contribution in [1.29, 1.82) is 0 Å². The lowest BCUT2D eigenvalue weighted by Gasteiger charge is -2.24. The molecule has 7 heteroatoms. The van der Waals surface area contributed by atoms with E-state index >= 15 is 0 Å². The molecule has 114 valence electrons. The van der Waals surface area contributed by atoms with E-state index in [0.29, 0.717) is 24.2 Å². The Morgan fingerprint density at radius 1 is 1.45 bits per heavy atom. The normalized spacial score (nSPS) is 16.8. The first-order valence-electron chi connectivity index (χ1n) is 6.98. The van der Waals surface area contributed by atoms with Crippen molar-refractivity contribution in [1.82, 2.24) is 15.3 Å². The SMILES string of the molecule is O=C1CC(C(=O)NCCc2cnc[nH]2)c2cc(F)ccc2N1. The maximum Gasteiger partial charge on any atom is 0.228 e. The van der Waals surface area contributed by atoms with Crippen LogP contribution in [0.3, 0.4) is 0 Å². The van der Waals surface area contributed by atoms with Crippen molar-refractivity contribution in [3.05, 3.63) is 47.8 Å². The van der Waals surface area contributed by atoms with E-state index in [4.69, 9.17) is 0 Å². The van der Waals surface area contributed by atoms with Crippen LogP contribution in [0.2, 0.25) is 0 Å². The molecule has 0 saturated heterocycles. The van der Waals surface area contributed by atoms with Gasteiger partial charge >= 0.3 is 0 Å². The van der Waals surface area contributed by atoms with Gasteiger partial charge in [-0.3, -0.25) is 9.59 Å². The molecule has 3 rings (SSSR count). The van der Waals surface area contributed by atoms with E-state index < -0.39 is 11.7 Å². The van der Waals surface area contributed by atoms with Crippen LogP contribution in [0.15, 0.2) is 30.7 Å². The molecule has 0 aliphatic carbocycles. The third kappa shape index (κ3) is 2.98. The second-order valence-electron chi connectivity index (χ2n) is 5.15. The molecule has 1 aromatic heterocycles. The van der Waals surface area contributed by atoms with Gasteiger partial charge in [-0.15, -0.1) is 0 Å². The highest BCUT2D eigenvalue weighted by atomic mass is 19.1. The van der Waals surface area contributed by atoms with E-state index in [1.807, 2.05) is 0 Å². The molecule has 1 atom stereocenters. The van der Waals surface area contributed by atoms with Crippen LogP contribution in [-0.4, -0.2) is 28.3 Å². The zero-order chi connectivity index (χ0) is 15.5. The Hall–Kier alpha value is -2.70. The Labute approximate surface area is 126 Å². The molecule has 0 radical (unpaired) electrons. The number of halogens is 1. The van der Waals surface area contributed by atoms with Crippen molar-refractivity contribution in [2.75, 3.05) is 11.9 Å². The number of rotatable bonds is 4. The third-order valence-corrected chi connectivity index (χ3v) is 3.62. The smallest absolute Gasteiger partial charge is 0.228 e. The number of hydrogen-bond donors (Lipinski definition) is 3. The second kappa shape index (κ2) is 5.97. The molecule has 0 bridgehead atoms. The molecule has 3 N–H and O–H groups in total. The summed E-state index contributed by atoms with van der Waals surface area (Å²) in [5.41, 5.74) is 1.91. The number of imidazole rings is 1. The summed E-state index contributed by atoms with van der Waals surface area (Å²) in [4.78, 5) is 30.8. The van der Waals surface area contributed by atoms with Gasteiger partial charge < -0.3 is 15.6 Å². The third-order valence-electron chi connectivity index (χ3n) is 3.62. The maximum atomic E-state index is 13.4. The second-order valence-corrected chi connectivity index (χ2v) is 5.15. The molecule has 1 aliphatic heterocycles. The van der Waals surface area contributed by atoms with Crippen molar-refractivity contribution in [2.45, 2.75) is 18.8 Å². The number of hydrogen-bond acceptors (Lipinski definition) is 3. The summed E-state index contributed by atoms with van der Waals surface area (Å²) in [6.07, 6.45) is 3.89. The number of H-pyrrole nitrogens is 1. The average molecular weight is 302 g/mol. The highest BCUT2D eigenvalue weighted by molar-refractivity contribution is 6.01. The minimum absolute atomic E-state index is 0.0202. The largest absolute Gasteiger partial charge is 0.355 e. The number of fused-ring (bicyclic) bond motifs is 1. The lowest BCUT2D eigenvalue weighted by molar-refractivity contribution is -0.126. The number of nitrogens with zero attached hydrogens (tertiary/aromatic N) is 1. The summed E-state index contributed by atoms with van der Waals surface area (Å²) in [5, 5.41) is 5.43. The monoisotopic (exact) mass is 302 g/mol. The molecule has 2 amide bonds. The molecular weight excluding hydrogens is 287 g/mol. The van der Waals surface area contributed by atoms with Gasteiger partial charge in [0.1, 0.15) is 5.82 Å². The van der Waals surface area contributed by atoms with Gasteiger partial charge in [0.15, 0.2) is 0 Å². The lowest BCUT2D eigenvalue weighted by Crippen LogP contribution is -2.36. The van der Waals surface area contributed by atoms with Gasteiger partial charge in [0.2, 0.25) is 11.8 Å². The Bertz CT molecular complexity index is 700. The van der Waals surface area contributed by atoms with Gasteiger partial charge in [0.25, 0.3) is 0 Å². The summed E-state index contributed by atoms with van der Waals surface area (Å²) in [5.74, 6) is -1.61. The van der Waals surface area contributed by atoms with Crippen molar-refractivity contribution >= 4 is 17.5 Å². The molecule has 22 heavy (non-hydrogen) atoms. The molecule has 1 aromatic carbocycles. The van der Waals surface area contributed by atoms with Crippen LogP contribution < -0.4 is 10.6 Å². The zero-order valence-corrected chi connectivity index (χ0v) is 11.7. The summed E-state index contributed by atoms with van der Waals surface area (Å²) in [7, 11) is 0. The number of anilines is 1. The first-order valence-corrected chi connectivity index (χ1v) is 6.98. The Morgan fingerprint density at radius 2 is 2.32 bits per heavy atom. The van der Waals surface area contributed by atoms with Gasteiger partial charge in [-0.05, 0) is 23.8 Å². The molecule has 2 aromatic rings. The molecule has 0 saturated carbocycles. The number of aromatic nitrogens is 2. The minimum atomic E-state index is -0.666.